The number of oxime groups is 1. The molecule has 9 nitrogen and oxygen atoms in total. The fourth-order valence-electron chi connectivity index (χ4n) is 4.19. The number of aldehydes is 1. The van der Waals surface area contributed by atoms with Crippen LogP contribution < -0.4 is 5.90 Å². The molecule has 0 saturated heterocycles. The van der Waals surface area contributed by atoms with Crippen LogP contribution in [0.1, 0.15) is 43.8 Å². The maximum absolute atomic E-state index is 10.6. The molecule has 0 aliphatic heterocycles. The molecule has 6 rings (SSSR count). The Balaban J connectivity index is -0.000000168. The van der Waals surface area contributed by atoms with Crippen LogP contribution in [-0.2, 0) is 119 Å². The van der Waals surface area contributed by atoms with Gasteiger partial charge in [0.05, 0.1) is 6.29 Å². The van der Waals surface area contributed by atoms with Crippen molar-refractivity contribution in [3.8, 4) is 6.07 Å². The number of nitrogens with zero attached hydrogens (tertiary/aromatic N) is 5. The molecule has 0 amide bonds. The van der Waals surface area contributed by atoms with Crippen molar-refractivity contribution in [2.24, 2.45) is 32.2 Å². The van der Waals surface area contributed by atoms with E-state index in [9.17, 15) is 4.79 Å². The Bertz CT molecular complexity index is 1800. The number of para-hydroxylation sites is 3. The Morgan fingerprint density at radius 1 is 0.702 bits per heavy atom. The van der Waals surface area contributed by atoms with Gasteiger partial charge in [-0.2, -0.15) is 0 Å². The largest absolute Gasteiger partial charge is 0.436 e. The summed E-state index contributed by atoms with van der Waals surface area (Å²) in [5.41, 5.74) is 5.23. The van der Waals surface area contributed by atoms with Crippen molar-refractivity contribution in [1.82, 2.24) is 13.7 Å². The van der Waals surface area contributed by atoms with E-state index < -0.39 is 0 Å². The van der Waals surface area contributed by atoms with Gasteiger partial charge in [0.1, 0.15) is 0 Å². The molecule has 237 valence electrons. The minimum Gasteiger partial charge on any atom is -0.436 e. The first kappa shape index (κ1) is 54.7. The summed E-state index contributed by atoms with van der Waals surface area (Å²) < 4.78 is 5.55. The summed E-state index contributed by atoms with van der Waals surface area (Å²) in [7, 11) is 13.7. The summed E-state index contributed by atoms with van der Waals surface area (Å²) in [5.74, 6) is 3.50. The summed E-state index contributed by atoms with van der Waals surface area (Å²) in [6.45, 7) is 0. The molecule has 0 fully saturated rings. The molecule has 6 aromatic rings. The molecule has 0 aliphatic rings. The second-order valence-corrected chi connectivity index (χ2v) is 8.24. The molecule has 3 aromatic heterocycles. The van der Waals surface area contributed by atoms with Crippen molar-refractivity contribution in [3.05, 3.63) is 108 Å². The van der Waals surface area contributed by atoms with Gasteiger partial charge in [0, 0.05) is 114 Å². The first-order valence-electron chi connectivity index (χ1n) is 12.0. The first-order valence-corrected chi connectivity index (χ1v) is 12.0. The molecule has 14 heteroatoms. The van der Waals surface area contributed by atoms with Gasteiger partial charge in [-0.25, -0.2) is 5.90 Å². The van der Waals surface area contributed by atoms with Crippen molar-refractivity contribution in [2.45, 2.75) is 22.3 Å². The molecule has 7 radical (unpaired) electrons. The summed E-state index contributed by atoms with van der Waals surface area (Å²) in [6, 6.07) is 25.6. The van der Waals surface area contributed by atoms with Gasteiger partial charge in [-0.1, -0.05) is 123 Å². The smallest absolute Gasteiger partial charge is 0.0669 e. The minimum atomic E-state index is 0. The van der Waals surface area contributed by atoms with Crippen LogP contribution >= 0.6 is 0 Å². The van der Waals surface area contributed by atoms with E-state index in [1.165, 1.54) is 6.21 Å². The summed E-state index contributed by atoms with van der Waals surface area (Å²) >= 11 is 0. The zero-order valence-corrected chi connectivity index (χ0v) is 33.1. The van der Waals surface area contributed by atoms with Crippen molar-refractivity contribution in [2.75, 3.05) is 0 Å². The van der Waals surface area contributed by atoms with E-state index in [1.54, 1.807) is 0 Å². The van der Waals surface area contributed by atoms with Gasteiger partial charge in [0.2, 0.25) is 0 Å². The summed E-state index contributed by atoms with van der Waals surface area (Å²) in [4.78, 5) is 10.6. The average molecular weight is 856 g/mol. The molecule has 3 heterocycles. The van der Waals surface area contributed by atoms with Gasteiger partial charge in [-0.05, 0) is 33.4 Å². The topological polar surface area (TPSA) is 134 Å². The Kier molecular flexibility index (Phi) is 34.0. The van der Waals surface area contributed by atoms with Crippen LogP contribution in [0.4, 0.5) is 0 Å². The van der Waals surface area contributed by atoms with Gasteiger partial charge in [0.15, 0.2) is 0 Å². The fourth-order valence-corrected chi connectivity index (χ4v) is 4.19. The molecule has 4 N–H and O–H groups in total. The molecule has 0 spiro atoms. The number of rotatable bonds is 2. The van der Waals surface area contributed by atoms with Crippen molar-refractivity contribution in [1.29, 1.82) is 5.26 Å². The van der Waals surface area contributed by atoms with E-state index in [-0.39, 0.29) is 120 Å². The third-order valence-electron chi connectivity index (χ3n) is 5.92. The van der Waals surface area contributed by atoms with Gasteiger partial charge in [-0.3, -0.25) is 5.26 Å². The number of aromatic nitrogens is 3. The quantitative estimate of drug-likeness (QED) is 0.0499. The number of carbonyl (C=O) groups excluding carboxylic acids is 1. The molecule has 0 aliphatic carbocycles. The van der Waals surface area contributed by atoms with Gasteiger partial charge in [0.25, 0.3) is 0 Å². The van der Waals surface area contributed by atoms with E-state index >= 15 is 0 Å². The van der Waals surface area contributed by atoms with Crippen LogP contribution in [0.15, 0.2) is 78.0 Å². The van der Waals surface area contributed by atoms with E-state index in [0.717, 1.165) is 44.6 Å². The Hall–Kier alpha value is -1.73. The van der Waals surface area contributed by atoms with E-state index in [0.29, 0.717) is 11.1 Å². The number of fused-ring (bicyclic) bond motifs is 3. The maximum Gasteiger partial charge on any atom is 0.0669 e. The number of nitrogens with two attached hydrogens (primary N) is 1. The van der Waals surface area contributed by atoms with Crippen LogP contribution in [0.3, 0.4) is 0 Å². The van der Waals surface area contributed by atoms with Crippen LogP contribution in [0.25, 0.3) is 32.7 Å². The zero-order chi connectivity index (χ0) is 30.4. The van der Waals surface area contributed by atoms with E-state index in [4.69, 9.17) is 15.7 Å². The summed E-state index contributed by atoms with van der Waals surface area (Å²) in [6.07, 6.45) is 11.2. The van der Waals surface area contributed by atoms with Gasteiger partial charge in [-0.15, -0.1) is 45.1 Å². The van der Waals surface area contributed by atoms with Crippen molar-refractivity contribution < 1.29 is 113 Å². The third-order valence-corrected chi connectivity index (χ3v) is 5.92. The second-order valence-electron chi connectivity index (χ2n) is 8.24. The second kappa shape index (κ2) is 29.2. The normalized spacial score (nSPS) is 8.60. The number of hydrogen-bond acceptors (Lipinski definition) is 6. The number of benzene rings is 3. The average Bonchev–Trinajstić information content (AvgIpc) is 3.66. The molecular weight excluding hydrogens is 817 g/mol. The number of nitriles is 1. The van der Waals surface area contributed by atoms with Crippen LogP contribution in [0.5, 0.6) is 0 Å². The molecule has 0 saturated carbocycles. The van der Waals surface area contributed by atoms with Crippen molar-refractivity contribution >= 4 is 60.7 Å². The standard InChI is InChI=1S/C10H9N2O.C10H7N2.C10H8NO.3CH4.B2.H3NO.3Y/c1-12-7-8(6-11-13)9-4-2-3-5-10(9)12;1-12-7-8(6-11)9-4-2-3-5-10(9)12;1-11-6-8(7-12)9-4-2-3-5-10(9)11;;;;2*1-2;;;/h2-6,13H,1H3;2-5H,1H3;2-5,7H,1H3;3*1H4;;2H,1H2;;;/q3*-1;;;;;;;;/b11-6+;;;;;;;;;;. The van der Waals surface area contributed by atoms with Crippen LogP contribution in [-0.4, -0.2) is 52.1 Å². The number of hydrogen-bond donors (Lipinski definition) is 3. The Morgan fingerprint density at radius 2 is 1.04 bits per heavy atom. The summed E-state index contributed by atoms with van der Waals surface area (Å²) in [5, 5.41) is 29.7. The van der Waals surface area contributed by atoms with E-state index in [1.807, 2.05) is 108 Å². The predicted molar refractivity (Wildman–Crippen MR) is 182 cm³/mol. The monoisotopic (exact) mass is 856 g/mol. The van der Waals surface area contributed by atoms with Crippen LogP contribution in [0.2, 0.25) is 0 Å². The Morgan fingerprint density at radius 3 is 1.45 bits per heavy atom. The van der Waals surface area contributed by atoms with Gasteiger partial charge < -0.3 is 28.9 Å². The number of aryl methyl sites for hydroxylation is 3. The molecule has 0 bridgehead atoms. The molecular formula is C33H39B2N6O3Y3-3. The van der Waals surface area contributed by atoms with Gasteiger partial charge >= 0.3 is 0 Å². The molecule has 47 heavy (non-hydrogen) atoms. The third kappa shape index (κ3) is 14.3. The number of carbonyl (C=O) groups is 1. The zero-order valence-electron chi connectivity index (χ0n) is 24.6. The van der Waals surface area contributed by atoms with Crippen LogP contribution in [0, 0.1) is 29.9 Å². The SMILES string of the molecule is C.C.C.Cn1[c-]c(/C=N/O)c2ccccc21.Cn1[c-]c(C#N)c2ccccc21.Cn1[c-]c(C=O)c2ccccc21.NO.[B][B].[Y].[Y].[Y]. The predicted octanol–water partition coefficient (Wildman–Crippen LogP) is 5.90. The fraction of sp³-hybridized carbons (Fsp3) is 0.182. The molecule has 3 aromatic carbocycles. The van der Waals surface area contributed by atoms with E-state index in [2.05, 4.69) is 51.2 Å². The Labute approximate surface area is 357 Å². The first-order chi connectivity index (χ1) is 20.0. The molecule has 0 unspecified atom stereocenters. The maximum atomic E-state index is 10.6. The molecule has 0 atom stereocenters. The van der Waals surface area contributed by atoms with Crippen molar-refractivity contribution in [3.63, 3.8) is 0 Å². The minimum absolute atomic E-state index is 0.